The zero-order chi connectivity index (χ0) is 10.7. The lowest BCUT2D eigenvalue weighted by molar-refractivity contribution is 0.0438. The normalized spacial score (nSPS) is 19.3. The van der Waals surface area contributed by atoms with Crippen molar-refractivity contribution >= 4 is 0 Å². The van der Waals surface area contributed by atoms with Crippen LogP contribution in [0.5, 0.6) is 0 Å². The average Bonchev–Trinajstić information content (AvgIpc) is 2.29. The zero-order valence-corrected chi connectivity index (χ0v) is 8.79. The first-order chi connectivity index (χ1) is 7.36. The van der Waals surface area contributed by atoms with Gasteiger partial charge >= 0.3 is 0 Å². The molecule has 0 saturated carbocycles. The minimum Gasteiger partial charge on any atom is -0.372 e. The van der Waals surface area contributed by atoms with Gasteiger partial charge in [0.15, 0.2) is 0 Å². The number of nitrogens with zero attached hydrogens (tertiary/aromatic N) is 1. The van der Waals surface area contributed by atoms with Gasteiger partial charge < -0.3 is 10.1 Å². The Bertz CT molecular complexity index is 395. The highest BCUT2D eigenvalue weighted by atomic mass is 16.5. The van der Waals surface area contributed by atoms with Crippen molar-refractivity contribution in [2.24, 2.45) is 0 Å². The molecule has 1 aromatic rings. The Morgan fingerprint density at radius 2 is 2.47 bits per heavy atom. The molecule has 78 valence electrons. The Labute approximate surface area is 89.7 Å². The summed E-state index contributed by atoms with van der Waals surface area (Å²) >= 11 is 0. The van der Waals surface area contributed by atoms with E-state index in [-0.39, 0.29) is 6.10 Å². The molecular weight excluding hydrogens is 188 g/mol. The molecule has 1 N–H and O–H groups in total. The molecule has 0 aromatic heterocycles. The van der Waals surface area contributed by atoms with Crippen LogP contribution in [0.1, 0.15) is 22.8 Å². The van der Waals surface area contributed by atoms with Gasteiger partial charge in [-0.25, -0.2) is 0 Å². The smallest absolute Gasteiger partial charge is 0.0994 e. The van der Waals surface area contributed by atoms with E-state index in [0.717, 1.165) is 29.7 Å². The van der Waals surface area contributed by atoms with E-state index >= 15 is 0 Å². The van der Waals surface area contributed by atoms with E-state index in [1.54, 1.807) is 0 Å². The summed E-state index contributed by atoms with van der Waals surface area (Å²) in [5.41, 5.74) is 3.11. The number of rotatable bonds is 2. The summed E-state index contributed by atoms with van der Waals surface area (Å²) in [6.45, 7) is 1.50. The van der Waals surface area contributed by atoms with E-state index in [1.807, 2.05) is 19.2 Å². The third-order valence-electron chi connectivity index (χ3n) is 2.74. The van der Waals surface area contributed by atoms with Crippen molar-refractivity contribution in [1.29, 1.82) is 5.26 Å². The first kappa shape index (κ1) is 10.2. The quantitative estimate of drug-likeness (QED) is 0.788. The molecule has 15 heavy (non-hydrogen) atoms. The number of ether oxygens (including phenoxy) is 1. The number of hydrogen-bond acceptors (Lipinski definition) is 3. The van der Waals surface area contributed by atoms with Crippen molar-refractivity contribution in [2.75, 3.05) is 20.2 Å². The van der Waals surface area contributed by atoms with Gasteiger partial charge in [-0.05, 0) is 30.7 Å². The summed E-state index contributed by atoms with van der Waals surface area (Å²) in [6, 6.07) is 8.10. The molecule has 3 nitrogen and oxygen atoms in total. The number of likely N-dealkylation sites (N-methyl/N-ethyl adjacent to an activating group) is 1. The first-order valence-corrected chi connectivity index (χ1v) is 5.15. The third kappa shape index (κ3) is 1.87. The summed E-state index contributed by atoms with van der Waals surface area (Å²) in [7, 11) is 1.91. The largest absolute Gasteiger partial charge is 0.372 e. The predicted molar refractivity (Wildman–Crippen MR) is 57.5 cm³/mol. The molecule has 1 aromatic carbocycles. The molecule has 0 saturated heterocycles. The zero-order valence-electron chi connectivity index (χ0n) is 8.79. The number of hydrogen-bond donors (Lipinski definition) is 1. The maximum Gasteiger partial charge on any atom is 0.0994 e. The summed E-state index contributed by atoms with van der Waals surface area (Å²) in [5, 5.41) is 12.1. The maximum atomic E-state index is 9.00. The second kappa shape index (κ2) is 4.43. The van der Waals surface area contributed by atoms with Gasteiger partial charge in [0.25, 0.3) is 0 Å². The third-order valence-corrected chi connectivity index (χ3v) is 2.74. The lowest BCUT2D eigenvalue weighted by Gasteiger charge is -2.26. The van der Waals surface area contributed by atoms with E-state index in [4.69, 9.17) is 10.00 Å². The topological polar surface area (TPSA) is 45.0 Å². The standard InChI is InChI=1S/C12H14N2O/c1-14-8-12-11-4-2-3-9(7-13)10(11)5-6-15-12/h2-4,12,14H,5-6,8H2,1H3/t12-/m1/s1. The highest BCUT2D eigenvalue weighted by Gasteiger charge is 2.21. The van der Waals surface area contributed by atoms with E-state index in [0.29, 0.717) is 6.61 Å². The first-order valence-electron chi connectivity index (χ1n) is 5.15. The van der Waals surface area contributed by atoms with Gasteiger partial charge in [-0.3, -0.25) is 0 Å². The fraction of sp³-hybridized carbons (Fsp3) is 0.417. The summed E-state index contributed by atoms with van der Waals surface area (Å²) < 4.78 is 5.67. The minimum absolute atomic E-state index is 0.0899. The Kier molecular flexibility index (Phi) is 3.00. The summed E-state index contributed by atoms with van der Waals surface area (Å²) in [6.07, 6.45) is 0.936. The van der Waals surface area contributed by atoms with E-state index < -0.39 is 0 Å². The molecule has 0 amide bonds. The van der Waals surface area contributed by atoms with Crippen LogP contribution in [0.3, 0.4) is 0 Å². The molecule has 1 aliphatic heterocycles. The van der Waals surface area contributed by atoms with Crippen LogP contribution in [-0.4, -0.2) is 20.2 Å². The number of fused-ring (bicyclic) bond motifs is 1. The molecule has 0 aliphatic carbocycles. The molecule has 0 bridgehead atoms. The predicted octanol–water partition coefficient (Wildman–Crippen LogP) is 1.39. The van der Waals surface area contributed by atoms with Gasteiger partial charge in [0, 0.05) is 6.54 Å². The number of nitriles is 1. The number of benzene rings is 1. The summed E-state index contributed by atoms with van der Waals surface area (Å²) in [5.74, 6) is 0. The fourth-order valence-electron chi connectivity index (χ4n) is 2.04. The van der Waals surface area contributed by atoms with Crippen LogP contribution < -0.4 is 5.32 Å². The van der Waals surface area contributed by atoms with Gasteiger partial charge in [0.05, 0.1) is 24.3 Å². The molecule has 0 spiro atoms. The van der Waals surface area contributed by atoms with Crippen molar-refractivity contribution in [3.05, 3.63) is 34.9 Å². The molecule has 1 atom stereocenters. The van der Waals surface area contributed by atoms with Gasteiger partial charge in [-0.15, -0.1) is 0 Å². The van der Waals surface area contributed by atoms with Crippen LogP contribution in [0.2, 0.25) is 0 Å². The summed E-state index contributed by atoms with van der Waals surface area (Å²) in [4.78, 5) is 0. The second-order valence-corrected chi connectivity index (χ2v) is 3.65. The Balaban J connectivity index is 2.40. The van der Waals surface area contributed by atoms with Gasteiger partial charge in [0.2, 0.25) is 0 Å². The van der Waals surface area contributed by atoms with Gasteiger partial charge in [-0.1, -0.05) is 12.1 Å². The highest BCUT2D eigenvalue weighted by Crippen LogP contribution is 2.28. The van der Waals surface area contributed by atoms with Crippen molar-refractivity contribution in [1.82, 2.24) is 5.32 Å². The van der Waals surface area contributed by atoms with E-state index in [1.165, 1.54) is 0 Å². The molecule has 0 fully saturated rings. The van der Waals surface area contributed by atoms with Gasteiger partial charge in [-0.2, -0.15) is 5.26 Å². The Morgan fingerprint density at radius 1 is 1.60 bits per heavy atom. The monoisotopic (exact) mass is 202 g/mol. The molecule has 1 aliphatic rings. The van der Waals surface area contributed by atoms with Crippen molar-refractivity contribution in [3.8, 4) is 6.07 Å². The van der Waals surface area contributed by atoms with Crippen molar-refractivity contribution < 1.29 is 4.74 Å². The maximum absolute atomic E-state index is 9.00. The van der Waals surface area contributed by atoms with Crippen LogP contribution in [0.15, 0.2) is 18.2 Å². The van der Waals surface area contributed by atoms with Crippen LogP contribution >= 0.6 is 0 Å². The van der Waals surface area contributed by atoms with Crippen LogP contribution in [0, 0.1) is 11.3 Å². The second-order valence-electron chi connectivity index (χ2n) is 3.65. The molecular formula is C12H14N2O. The lowest BCUT2D eigenvalue weighted by Crippen LogP contribution is -2.25. The Morgan fingerprint density at radius 3 is 3.20 bits per heavy atom. The molecule has 0 unspecified atom stereocenters. The van der Waals surface area contributed by atoms with Crippen LogP contribution in [-0.2, 0) is 11.2 Å². The van der Waals surface area contributed by atoms with Gasteiger partial charge in [0.1, 0.15) is 0 Å². The molecule has 1 heterocycles. The lowest BCUT2D eigenvalue weighted by atomic mass is 9.93. The van der Waals surface area contributed by atoms with Crippen molar-refractivity contribution in [3.63, 3.8) is 0 Å². The SMILES string of the molecule is CNC[C@H]1OCCc2c(C#N)cccc21. The molecule has 2 rings (SSSR count). The van der Waals surface area contributed by atoms with E-state index in [2.05, 4.69) is 17.5 Å². The minimum atomic E-state index is 0.0899. The number of nitrogens with one attached hydrogen (secondary N) is 1. The van der Waals surface area contributed by atoms with Crippen LogP contribution in [0.4, 0.5) is 0 Å². The van der Waals surface area contributed by atoms with Crippen LogP contribution in [0.25, 0.3) is 0 Å². The van der Waals surface area contributed by atoms with E-state index in [9.17, 15) is 0 Å². The highest BCUT2D eigenvalue weighted by molar-refractivity contribution is 5.44. The van der Waals surface area contributed by atoms with Crippen molar-refractivity contribution in [2.45, 2.75) is 12.5 Å². The average molecular weight is 202 g/mol. The fourth-order valence-corrected chi connectivity index (χ4v) is 2.04. The molecule has 3 heteroatoms. The molecule has 0 radical (unpaired) electrons. The Hall–Kier alpha value is -1.37.